The summed E-state index contributed by atoms with van der Waals surface area (Å²) in [5, 5.41) is 2.68. The fourth-order valence-electron chi connectivity index (χ4n) is 6.28. The number of amides is 1. The van der Waals surface area contributed by atoms with Gasteiger partial charge in [-0.1, -0.05) is 23.2 Å². The van der Waals surface area contributed by atoms with Crippen molar-refractivity contribution in [3.05, 3.63) is 117 Å². The summed E-state index contributed by atoms with van der Waals surface area (Å²) in [5.74, 6) is -2.45. The summed E-state index contributed by atoms with van der Waals surface area (Å²) >= 11 is 11.8. The lowest BCUT2D eigenvalue weighted by Crippen LogP contribution is -2.54. The first-order valence-corrected chi connectivity index (χ1v) is 23.4. The smallest absolute Gasteiger partial charge is 0.410 e. The highest BCUT2D eigenvalue weighted by Crippen LogP contribution is 2.30. The van der Waals surface area contributed by atoms with Gasteiger partial charge in [-0.25, -0.2) is 23.2 Å². The zero-order chi connectivity index (χ0) is 47.7. The number of carbonyl (C=O) groups excluding carboxylic acids is 3. The number of hydrogen-bond acceptors (Lipinski definition) is 13. The van der Waals surface area contributed by atoms with Crippen molar-refractivity contribution in [1.82, 2.24) is 28.8 Å². The number of halogens is 5. The third kappa shape index (κ3) is 13.8. The van der Waals surface area contributed by atoms with Gasteiger partial charge in [0.1, 0.15) is 17.2 Å². The molecule has 25 heteroatoms. The number of anilines is 2. The molecule has 2 aliphatic heterocycles. The molecule has 0 aliphatic carbocycles. The number of nitrogens with zero attached hydrogens (tertiary/aromatic N) is 7. The average molecular weight is 1020 g/mol. The lowest BCUT2D eigenvalue weighted by Gasteiger charge is -2.37. The zero-order valence-electron chi connectivity index (χ0n) is 36.4. The number of hydrogen-bond donors (Lipinski definition) is 1. The van der Waals surface area contributed by atoms with Gasteiger partial charge in [0, 0.05) is 64.8 Å². The highest BCUT2D eigenvalue weighted by molar-refractivity contribution is 7.90. The average Bonchev–Trinajstić information content (AvgIpc) is 3.29. The molecule has 0 saturated carbocycles. The molecule has 0 radical (unpaired) electrons. The Labute approximate surface area is 398 Å². The number of benzene rings is 2. The second kappa shape index (κ2) is 23.2. The number of piperazine rings is 2. The molecule has 0 bridgehead atoms. The quantitative estimate of drug-likeness (QED) is 0.134. The maximum absolute atomic E-state index is 13.8. The topological polar surface area (TPSA) is 201 Å². The molecule has 2 saturated heterocycles. The fourth-order valence-corrected chi connectivity index (χ4v) is 9.81. The second-order valence-corrected chi connectivity index (χ2v) is 19.8. The Bertz CT molecular complexity index is 2550. The molecule has 1 N–H and O–H groups in total. The summed E-state index contributed by atoms with van der Waals surface area (Å²) in [6.45, 7) is 6.94. The Morgan fingerprint density at radius 2 is 1.09 bits per heavy atom. The monoisotopic (exact) mass is 1020 g/mol. The molecule has 4 heterocycles. The van der Waals surface area contributed by atoms with E-state index in [9.17, 15) is 40.0 Å². The van der Waals surface area contributed by atoms with E-state index in [0.29, 0.717) is 37.6 Å². The van der Waals surface area contributed by atoms with E-state index < -0.39 is 55.7 Å². The van der Waals surface area contributed by atoms with Crippen LogP contribution in [0.4, 0.5) is 25.0 Å². The molecule has 4 aromatic rings. The number of nitrogens with one attached hydrogen (secondary N) is 1. The minimum Gasteiger partial charge on any atom is -0.465 e. The largest absolute Gasteiger partial charge is 0.465 e. The summed E-state index contributed by atoms with van der Waals surface area (Å²) in [7, 11) is -5.57. The molecule has 66 heavy (non-hydrogen) atoms. The van der Waals surface area contributed by atoms with Crippen molar-refractivity contribution < 1.29 is 54.2 Å². The molecule has 2 aliphatic rings. The van der Waals surface area contributed by atoms with Crippen LogP contribution in [0.5, 0.6) is 0 Å². The molecular weight excluding hydrogens is 973 g/mol. The molecule has 360 valence electrons. The molecular formula is C41H49Cl3F2N8O10S2. The van der Waals surface area contributed by atoms with Crippen LogP contribution >= 0.6 is 35.6 Å². The SMILES string of the molecule is COC(=O)c1ccc(CN(c2ccc(F)c(Cl)c2)S(=O)(=O)N2CCN(C(=O)OC(C)(C)C)CC2)nc1.COC(=O)c1ccc(CN(c2ccc(F)c(Cl)c2)S(=O)(=O)N2CCNCC2)nc1.Cl. The molecule has 18 nitrogen and oxygen atoms in total. The number of aromatic nitrogens is 2. The van der Waals surface area contributed by atoms with Crippen LogP contribution in [0.1, 0.15) is 52.9 Å². The van der Waals surface area contributed by atoms with Gasteiger partial charge in [-0.3, -0.25) is 18.6 Å². The van der Waals surface area contributed by atoms with Gasteiger partial charge in [0.15, 0.2) is 0 Å². The number of pyridine rings is 2. The van der Waals surface area contributed by atoms with Gasteiger partial charge in [0.2, 0.25) is 0 Å². The zero-order valence-corrected chi connectivity index (χ0v) is 40.4. The van der Waals surface area contributed by atoms with Gasteiger partial charge < -0.3 is 24.4 Å². The van der Waals surface area contributed by atoms with E-state index in [-0.39, 0.29) is 84.2 Å². The lowest BCUT2D eigenvalue weighted by molar-refractivity contribution is 0.0192. The predicted octanol–water partition coefficient (Wildman–Crippen LogP) is 5.70. The highest BCUT2D eigenvalue weighted by atomic mass is 35.5. The van der Waals surface area contributed by atoms with E-state index in [0.717, 1.165) is 20.7 Å². The normalized spacial score (nSPS) is 14.8. The fraction of sp³-hybridized carbons (Fsp3) is 0.390. The van der Waals surface area contributed by atoms with Crippen molar-refractivity contribution in [1.29, 1.82) is 0 Å². The van der Waals surface area contributed by atoms with Crippen LogP contribution in [-0.2, 0) is 47.7 Å². The van der Waals surface area contributed by atoms with Crippen LogP contribution < -0.4 is 13.9 Å². The minimum absolute atomic E-state index is 0. The summed E-state index contributed by atoms with van der Waals surface area (Å²) < 4.78 is 101. The van der Waals surface area contributed by atoms with Gasteiger partial charge in [-0.05, 0) is 81.4 Å². The number of carbonyl (C=O) groups is 3. The van der Waals surface area contributed by atoms with Crippen LogP contribution in [0.25, 0.3) is 0 Å². The van der Waals surface area contributed by atoms with E-state index in [1.54, 1.807) is 20.8 Å². The summed E-state index contributed by atoms with van der Waals surface area (Å²) in [6, 6.07) is 13.3. The first kappa shape index (κ1) is 53.7. The summed E-state index contributed by atoms with van der Waals surface area (Å²) in [4.78, 5) is 45.4. The Hall–Kier alpha value is -4.94. The van der Waals surface area contributed by atoms with Gasteiger partial charge in [-0.2, -0.15) is 25.4 Å². The first-order valence-electron chi connectivity index (χ1n) is 19.9. The van der Waals surface area contributed by atoms with Crippen molar-refractivity contribution in [2.75, 3.05) is 75.2 Å². The number of ether oxygens (including phenoxy) is 3. The molecule has 2 aromatic heterocycles. The van der Waals surface area contributed by atoms with Crippen LogP contribution in [0.3, 0.4) is 0 Å². The number of methoxy groups -OCH3 is 2. The van der Waals surface area contributed by atoms with E-state index >= 15 is 0 Å². The van der Waals surface area contributed by atoms with E-state index in [2.05, 4.69) is 24.8 Å². The Morgan fingerprint density at radius 1 is 0.682 bits per heavy atom. The Balaban J connectivity index is 0.000000290. The van der Waals surface area contributed by atoms with Gasteiger partial charge >= 0.3 is 38.5 Å². The molecule has 1 amide bonds. The molecule has 2 fully saturated rings. The van der Waals surface area contributed by atoms with Crippen molar-refractivity contribution >= 4 is 85.4 Å². The van der Waals surface area contributed by atoms with Gasteiger partial charge in [0.25, 0.3) is 0 Å². The maximum atomic E-state index is 13.8. The predicted molar refractivity (Wildman–Crippen MR) is 245 cm³/mol. The van der Waals surface area contributed by atoms with Crippen LogP contribution in [0, 0.1) is 11.6 Å². The second-order valence-electron chi connectivity index (χ2n) is 15.3. The third-order valence-corrected chi connectivity index (χ3v) is 14.1. The third-order valence-electron chi connectivity index (χ3n) is 9.66. The molecule has 0 unspecified atom stereocenters. The standard InChI is InChI=1S/C23H28ClFN4O6S.C18H20ClFN4O4S.ClH/c1-23(2,3)35-22(31)27-9-11-28(12-10-27)36(32,33)29(18-7-8-20(25)19(24)13-18)15-17-6-5-16(14-26-17)21(30)34-4;1-28-18(25)13-2-3-14(22-11-13)12-24(15-4-5-17(20)16(19)10-15)29(26,27)23-8-6-21-7-9-23;/h5-8,13-14H,9-12,15H2,1-4H3;2-5,10-11,21H,6-9,12H2,1H3;1H. The molecule has 0 spiro atoms. The summed E-state index contributed by atoms with van der Waals surface area (Å²) in [6.07, 6.45) is 2.08. The van der Waals surface area contributed by atoms with E-state index in [1.165, 1.54) is 88.7 Å². The number of esters is 2. The van der Waals surface area contributed by atoms with E-state index in [4.69, 9.17) is 27.9 Å². The van der Waals surface area contributed by atoms with Crippen LogP contribution in [-0.4, -0.2) is 131 Å². The summed E-state index contributed by atoms with van der Waals surface area (Å²) in [5.41, 5.74) is 0.867. The highest BCUT2D eigenvalue weighted by Gasteiger charge is 2.36. The first-order chi connectivity index (χ1) is 30.6. The van der Waals surface area contributed by atoms with Crippen LogP contribution in [0.15, 0.2) is 73.1 Å². The van der Waals surface area contributed by atoms with E-state index in [1.807, 2.05) is 0 Å². The molecule has 6 rings (SSSR count). The van der Waals surface area contributed by atoms with Gasteiger partial charge in [-0.15, -0.1) is 12.4 Å². The minimum atomic E-state index is -4.15. The molecule has 2 aromatic carbocycles. The van der Waals surface area contributed by atoms with Crippen molar-refractivity contribution in [2.24, 2.45) is 0 Å². The number of rotatable bonds is 12. The van der Waals surface area contributed by atoms with Crippen LogP contribution in [0.2, 0.25) is 10.0 Å². The lowest BCUT2D eigenvalue weighted by atomic mass is 10.2. The van der Waals surface area contributed by atoms with Crippen molar-refractivity contribution in [2.45, 2.75) is 39.5 Å². The van der Waals surface area contributed by atoms with Gasteiger partial charge in [0.05, 0.1) is 71.2 Å². The Morgan fingerprint density at radius 3 is 1.44 bits per heavy atom. The Kier molecular flexibility index (Phi) is 18.9. The maximum Gasteiger partial charge on any atom is 0.410 e. The van der Waals surface area contributed by atoms with Crippen molar-refractivity contribution in [3.63, 3.8) is 0 Å². The molecule has 0 atom stereocenters. The van der Waals surface area contributed by atoms with Crippen molar-refractivity contribution in [3.8, 4) is 0 Å².